The normalized spacial score (nSPS) is 18.4. The minimum absolute atomic E-state index is 0.0264. The van der Waals surface area contributed by atoms with E-state index in [4.69, 9.17) is 0 Å². The van der Waals surface area contributed by atoms with Gasteiger partial charge in [0.2, 0.25) is 5.91 Å². The van der Waals surface area contributed by atoms with Crippen molar-refractivity contribution in [2.24, 2.45) is 0 Å². The molecule has 4 nitrogen and oxygen atoms in total. The first-order chi connectivity index (χ1) is 16.6. The number of carbonyl (C=O) groups is 2. The average molecular weight is 473 g/mol. The molecular formula is C29H32N2O2S. The van der Waals surface area contributed by atoms with Gasteiger partial charge < -0.3 is 9.80 Å². The van der Waals surface area contributed by atoms with Gasteiger partial charge in [-0.15, -0.1) is 11.3 Å². The van der Waals surface area contributed by atoms with Gasteiger partial charge in [-0.05, 0) is 66.5 Å². The fourth-order valence-electron chi connectivity index (χ4n) is 5.56. The van der Waals surface area contributed by atoms with Crippen molar-refractivity contribution in [1.29, 1.82) is 0 Å². The first-order valence-electron chi connectivity index (χ1n) is 12.4. The maximum Gasteiger partial charge on any atom is 0.254 e. The van der Waals surface area contributed by atoms with Gasteiger partial charge in [-0.25, -0.2) is 0 Å². The molecule has 0 spiro atoms. The number of hydrogen-bond donors (Lipinski definition) is 0. The van der Waals surface area contributed by atoms with Crippen molar-refractivity contribution in [3.8, 4) is 0 Å². The molecule has 1 aliphatic carbocycles. The molecule has 1 atom stereocenters. The van der Waals surface area contributed by atoms with E-state index in [-0.39, 0.29) is 30.4 Å². The van der Waals surface area contributed by atoms with E-state index >= 15 is 0 Å². The van der Waals surface area contributed by atoms with E-state index in [1.54, 1.807) is 11.3 Å². The van der Waals surface area contributed by atoms with Crippen molar-refractivity contribution in [2.75, 3.05) is 13.1 Å². The topological polar surface area (TPSA) is 40.6 Å². The van der Waals surface area contributed by atoms with E-state index in [0.717, 1.165) is 32.1 Å². The van der Waals surface area contributed by atoms with Crippen LogP contribution < -0.4 is 0 Å². The quantitative estimate of drug-likeness (QED) is 0.457. The SMILES string of the molecule is Cc1ccccc1C1c2ccsc2CCN1C(=O)CN(C(=O)c1ccccc1)C1CCCCC1. The number of carbonyl (C=O) groups excluding carboxylic acids is 2. The van der Waals surface area contributed by atoms with Crippen LogP contribution in [0.2, 0.25) is 0 Å². The summed E-state index contributed by atoms with van der Waals surface area (Å²) in [6, 6.07) is 20.0. The number of benzene rings is 2. The predicted octanol–water partition coefficient (Wildman–Crippen LogP) is 6.01. The summed E-state index contributed by atoms with van der Waals surface area (Å²) in [4.78, 5) is 32.8. The van der Waals surface area contributed by atoms with Gasteiger partial charge in [-0.2, -0.15) is 0 Å². The van der Waals surface area contributed by atoms with Gasteiger partial charge in [-0.1, -0.05) is 61.7 Å². The summed E-state index contributed by atoms with van der Waals surface area (Å²) in [5, 5.41) is 2.14. The van der Waals surface area contributed by atoms with Crippen molar-refractivity contribution >= 4 is 23.2 Å². The van der Waals surface area contributed by atoms with Gasteiger partial charge in [0.1, 0.15) is 6.54 Å². The zero-order valence-corrected chi connectivity index (χ0v) is 20.6. The Morgan fingerprint density at radius 3 is 2.44 bits per heavy atom. The third-order valence-electron chi connectivity index (χ3n) is 7.37. The smallest absolute Gasteiger partial charge is 0.254 e. The van der Waals surface area contributed by atoms with Crippen molar-refractivity contribution < 1.29 is 9.59 Å². The molecule has 3 aromatic rings. The van der Waals surface area contributed by atoms with E-state index < -0.39 is 0 Å². The van der Waals surface area contributed by atoms with E-state index in [1.165, 1.54) is 28.0 Å². The Hall–Kier alpha value is -2.92. The Kier molecular flexibility index (Phi) is 6.82. The summed E-state index contributed by atoms with van der Waals surface area (Å²) in [6.45, 7) is 2.94. The summed E-state index contributed by atoms with van der Waals surface area (Å²) in [6.07, 6.45) is 6.26. The molecule has 0 N–H and O–H groups in total. The van der Waals surface area contributed by atoms with Gasteiger partial charge in [0.15, 0.2) is 0 Å². The second kappa shape index (κ2) is 10.1. The summed E-state index contributed by atoms with van der Waals surface area (Å²) >= 11 is 1.78. The highest BCUT2D eigenvalue weighted by Gasteiger charge is 2.36. The molecule has 0 saturated heterocycles. The van der Waals surface area contributed by atoms with E-state index in [1.807, 2.05) is 46.2 Å². The Morgan fingerprint density at radius 1 is 0.941 bits per heavy atom. The number of hydrogen-bond acceptors (Lipinski definition) is 3. The molecule has 1 fully saturated rings. The zero-order valence-electron chi connectivity index (χ0n) is 19.8. The number of rotatable bonds is 5. The molecule has 0 bridgehead atoms. The van der Waals surface area contributed by atoms with Crippen LogP contribution in [-0.4, -0.2) is 40.7 Å². The maximum atomic E-state index is 13.9. The van der Waals surface area contributed by atoms with Crippen LogP contribution in [0.3, 0.4) is 0 Å². The molecule has 2 amide bonds. The lowest BCUT2D eigenvalue weighted by atomic mass is 9.90. The largest absolute Gasteiger partial charge is 0.330 e. The molecule has 2 aliphatic rings. The standard InChI is InChI=1S/C29H32N2O2S/c1-21-10-8-9-15-24(21)28-25-17-19-34-26(25)16-18-30(28)27(32)20-31(23-13-6-3-7-14-23)29(33)22-11-4-2-5-12-22/h2,4-5,8-12,15,17,19,23,28H,3,6-7,13-14,16,18,20H2,1H3. The van der Waals surface area contributed by atoms with Crippen LogP contribution in [0.25, 0.3) is 0 Å². The number of aryl methyl sites for hydroxylation is 1. The number of thiophene rings is 1. The van der Waals surface area contributed by atoms with Crippen LogP contribution in [0.5, 0.6) is 0 Å². The lowest BCUT2D eigenvalue weighted by Gasteiger charge is -2.40. The lowest BCUT2D eigenvalue weighted by molar-refractivity contribution is -0.134. The fourth-order valence-corrected chi connectivity index (χ4v) is 6.46. The van der Waals surface area contributed by atoms with Gasteiger partial charge in [-0.3, -0.25) is 9.59 Å². The van der Waals surface area contributed by atoms with E-state index in [9.17, 15) is 9.59 Å². The molecule has 34 heavy (non-hydrogen) atoms. The molecular weight excluding hydrogens is 440 g/mol. The van der Waals surface area contributed by atoms with Crippen LogP contribution in [0.4, 0.5) is 0 Å². The fraction of sp³-hybridized carbons (Fsp3) is 0.379. The highest BCUT2D eigenvalue weighted by atomic mass is 32.1. The average Bonchev–Trinajstić information content (AvgIpc) is 3.37. The molecule has 5 heteroatoms. The molecule has 1 aromatic heterocycles. The highest BCUT2D eigenvalue weighted by Crippen LogP contribution is 2.39. The highest BCUT2D eigenvalue weighted by molar-refractivity contribution is 7.10. The summed E-state index contributed by atoms with van der Waals surface area (Å²) < 4.78 is 0. The summed E-state index contributed by atoms with van der Waals surface area (Å²) in [7, 11) is 0. The molecule has 2 aromatic carbocycles. The summed E-state index contributed by atoms with van der Waals surface area (Å²) in [5.41, 5.74) is 4.26. The van der Waals surface area contributed by atoms with Gasteiger partial charge in [0, 0.05) is 23.0 Å². The third-order valence-corrected chi connectivity index (χ3v) is 8.37. The Balaban J connectivity index is 1.46. The van der Waals surface area contributed by atoms with Crippen LogP contribution in [0, 0.1) is 6.92 Å². The van der Waals surface area contributed by atoms with Crippen LogP contribution in [0.15, 0.2) is 66.0 Å². The van der Waals surface area contributed by atoms with E-state index in [0.29, 0.717) is 12.1 Å². The number of fused-ring (bicyclic) bond motifs is 1. The van der Waals surface area contributed by atoms with Gasteiger partial charge in [0.25, 0.3) is 5.91 Å². The molecule has 1 saturated carbocycles. The van der Waals surface area contributed by atoms with Gasteiger partial charge in [0.05, 0.1) is 6.04 Å². The van der Waals surface area contributed by atoms with Crippen LogP contribution >= 0.6 is 11.3 Å². The molecule has 0 radical (unpaired) electrons. The van der Waals surface area contributed by atoms with Crippen molar-refractivity contribution in [2.45, 2.75) is 57.5 Å². The maximum absolute atomic E-state index is 13.9. The third kappa shape index (κ3) is 4.54. The van der Waals surface area contributed by atoms with Crippen LogP contribution in [-0.2, 0) is 11.2 Å². The first kappa shape index (κ1) is 22.9. The second-order valence-corrected chi connectivity index (χ2v) is 10.5. The Labute approximate surface area is 206 Å². The van der Waals surface area contributed by atoms with Crippen molar-refractivity contribution in [1.82, 2.24) is 9.80 Å². The molecule has 1 unspecified atom stereocenters. The zero-order chi connectivity index (χ0) is 23.5. The summed E-state index contributed by atoms with van der Waals surface area (Å²) in [5.74, 6) is 0.0153. The number of amides is 2. The second-order valence-electron chi connectivity index (χ2n) is 9.49. The van der Waals surface area contributed by atoms with Gasteiger partial charge >= 0.3 is 0 Å². The van der Waals surface area contributed by atoms with Crippen molar-refractivity contribution in [3.63, 3.8) is 0 Å². The minimum atomic E-state index is -0.0938. The molecule has 176 valence electrons. The first-order valence-corrected chi connectivity index (χ1v) is 13.3. The monoisotopic (exact) mass is 472 g/mol. The van der Waals surface area contributed by atoms with E-state index in [2.05, 4.69) is 36.6 Å². The molecule has 1 aliphatic heterocycles. The van der Waals surface area contributed by atoms with Crippen molar-refractivity contribution in [3.05, 3.63) is 93.2 Å². The Morgan fingerprint density at radius 2 is 1.68 bits per heavy atom. The Bertz CT molecular complexity index is 1150. The van der Waals surface area contributed by atoms with Crippen LogP contribution in [0.1, 0.15) is 70.1 Å². The lowest BCUT2D eigenvalue weighted by Crippen LogP contribution is -2.50. The number of nitrogens with zero attached hydrogens (tertiary/aromatic N) is 2. The predicted molar refractivity (Wildman–Crippen MR) is 137 cm³/mol. The minimum Gasteiger partial charge on any atom is -0.330 e. The molecule has 2 heterocycles. The molecule has 5 rings (SSSR count).